The van der Waals surface area contributed by atoms with Gasteiger partial charge in [-0.15, -0.1) is 0 Å². The summed E-state index contributed by atoms with van der Waals surface area (Å²) in [4.78, 5) is 4.33. The van der Waals surface area contributed by atoms with E-state index in [1.165, 1.54) is 0 Å². The zero-order valence-corrected chi connectivity index (χ0v) is 10.8. The number of aromatic nitrogens is 1. The van der Waals surface area contributed by atoms with Crippen LogP contribution in [0.1, 0.15) is 12.6 Å². The molecule has 1 rings (SSSR count). The fourth-order valence-corrected chi connectivity index (χ4v) is 1.52. The lowest BCUT2D eigenvalue weighted by Gasteiger charge is -2.15. The van der Waals surface area contributed by atoms with Crippen LogP contribution in [0.25, 0.3) is 0 Å². The van der Waals surface area contributed by atoms with Gasteiger partial charge in [0.1, 0.15) is 0 Å². The number of likely N-dealkylation sites (N-methyl/N-ethyl adjacent to an activating group) is 1. The summed E-state index contributed by atoms with van der Waals surface area (Å²) >= 11 is 3.37. The fraction of sp³-hybridized carbons (Fsp3) is 0.545. The SMILES string of the molecule is CCOCC(Cc1ccc(Br)cn1)NC. The lowest BCUT2D eigenvalue weighted by atomic mass is 10.1. The highest BCUT2D eigenvalue weighted by Crippen LogP contribution is 2.08. The Labute approximate surface area is 99.4 Å². The normalized spacial score (nSPS) is 12.7. The molecule has 0 aliphatic heterocycles. The van der Waals surface area contributed by atoms with E-state index in [1.807, 2.05) is 32.3 Å². The highest BCUT2D eigenvalue weighted by Gasteiger charge is 2.07. The lowest BCUT2D eigenvalue weighted by molar-refractivity contribution is 0.125. The number of nitrogens with one attached hydrogen (secondary N) is 1. The van der Waals surface area contributed by atoms with Gasteiger partial charge in [0.25, 0.3) is 0 Å². The summed E-state index contributed by atoms with van der Waals surface area (Å²) in [5.41, 5.74) is 1.08. The predicted octanol–water partition coefficient (Wildman–Crippen LogP) is 2.01. The summed E-state index contributed by atoms with van der Waals surface area (Å²) < 4.78 is 6.39. The molecule has 0 amide bonds. The Morgan fingerprint density at radius 3 is 2.87 bits per heavy atom. The highest BCUT2D eigenvalue weighted by molar-refractivity contribution is 9.10. The van der Waals surface area contributed by atoms with Crippen LogP contribution in [0.4, 0.5) is 0 Å². The molecule has 0 fully saturated rings. The van der Waals surface area contributed by atoms with Crippen molar-refractivity contribution in [1.29, 1.82) is 0 Å². The van der Waals surface area contributed by atoms with Crippen LogP contribution < -0.4 is 5.32 Å². The smallest absolute Gasteiger partial charge is 0.0623 e. The Morgan fingerprint density at radius 1 is 1.53 bits per heavy atom. The van der Waals surface area contributed by atoms with E-state index in [9.17, 15) is 0 Å². The van der Waals surface area contributed by atoms with Crippen LogP contribution in [-0.4, -0.2) is 31.3 Å². The summed E-state index contributed by atoms with van der Waals surface area (Å²) in [6.45, 7) is 3.49. The van der Waals surface area contributed by atoms with E-state index in [-0.39, 0.29) is 0 Å². The molecule has 3 nitrogen and oxygen atoms in total. The van der Waals surface area contributed by atoms with E-state index in [0.29, 0.717) is 6.04 Å². The minimum atomic E-state index is 0.332. The van der Waals surface area contributed by atoms with E-state index in [2.05, 4.69) is 26.2 Å². The highest BCUT2D eigenvalue weighted by atomic mass is 79.9. The van der Waals surface area contributed by atoms with Gasteiger partial charge in [0.15, 0.2) is 0 Å². The average molecular weight is 273 g/mol. The number of hydrogen-bond donors (Lipinski definition) is 1. The van der Waals surface area contributed by atoms with Gasteiger partial charge in [-0.25, -0.2) is 0 Å². The molecular formula is C11H17BrN2O. The van der Waals surface area contributed by atoms with Gasteiger partial charge in [-0.2, -0.15) is 0 Å². The summed E-state index contributed by atoms with van der Waals surface area (Å²) in [5, 5.41) is 3.22. The van der Waals surface area contributed by atoms with Crippen LogP contribution in [0.5, 0.6) is 0 Å². The molecule has 1 atom stereocenters. The fourth-order valence-electron chi connectivity index (χ4n) is 1.28. The second-order valence-electron chi connectivity index (χ2n) is 3.32. The average Bonchev–Trinajstić information content (AvgIpc) is 2.27. The summed E-state index contributed by atoms with van der Waals surface area (Å²) in [6.07, 6.45) is 2.71. The molecule has 84 valence electrons. The van der Waals surface area contributed by atoms with Crippen LogP contribution >= 0.6 is 15.9 Å². The van der Waals surface area contributed by atoms with Crippen molar-refractivity contribution in [2.45, 2.75) is 19.4 Å². The third-order valence-corrected chi connectivity index (χ3v) is 2.64. The van der Waals surface area contributed by atoms with E-state index >= 15 is 0 Å². The van der Waals surface area contributed by atoms with Gasteiger partial charge in [0.05, 0.1) is 6.61 Å². The number of nitrogens with zero attached hydrogens (tertiary/aromatic N) is 1. The molecule has 0 spiro atoms. The first-order valence-corrected chi connectivity index (χ1v) is 5.91. The third kappa shape index (κ3) is 4.73. The van der Waals surface area contributed by atoms with Crippen molar-refractivity contribution >= 4 is 15.9 Å². The van der Waals surface area contributed by atoms with Gasteiger partial charge < -0.3 is 10.1 Å². The second-order valence-corrected chi connectivity index (χ2v) is 4.23. The molecule has 0 saturated carbocycles. The first-order valence-electron chi connectivity index (χ1n) is 5.11. The van der Waals surface area contributed by atoms with Gasteiger partial charge in [-0.1, -0.05) is 0 Å². The quantitative estimate of drug-likeness (QED) is 0.861. The van der Waals surface area contributed by atoms with Crippen molar-refractivity contribution in [2.24, 2.45) is 0 Å². The first kappa shape index (κ1) is 12.6. The van der Waals surface area contributed by atoms with Gasteiger partial charge in [-0.05, 0) is 42.0 Å². The van der Waals surface area contributed by atoms with Crippen LogP contribution in [0, 0.1) is 0 Å². The minimum absolute atomic E-state index is 0.332. The third-order valence-electron chi connectivity index (χ3n) is 2.18. The van der Waals surface area contributed by atoms with Crippen molar-refractivity contribution < 1.29 is 4.74 Å². The van der Waals surface area contributed by atoms with E-state index < -0.39 is 0 Å². The van der Waals surface area contributed by atoms with Crippen LogP contribution in [0.2, 0.25) is 0 Å². The summed E-state index contributed by atoms with van der Waals surface area (Å²) in [6, 6.07) is 4.37. The van der Waals surface area contributed by atoms with Gasteiger partial charge in [0, 0.05) is 35.4 Å². The Kier molecular flexibility index (Phi) is 5.83. The maximum Gasteiger partial charge on any atom is 0.0623 e. The van der Waals surface area contributed by atoms with E-state index in [1.54, 1.807) is 0 Å². The van der Waals surface area contributed by atoms with E-state index in [4.69, 9.17) is 4.74 Å². The monoisotopic (exact) mass is 272 g/mol. The molecule has 0 radical (unpaired) electrons. The summed E-state index contributed by atoms with van der Waals surface area (Å²) in [5.74, 6) is 0. The molecule has 1 unspecified atom stereocenters. The first-order chi connectivity index (χ1) is 7.26. The Bertz CT molecular complexity index is 276. The van der Waals surface area contributed by atoms with Crippen LogP contribution in [0.15, 0.2) is 22.8 Å². The van der Waals surface area contributed by atoms with Crippen molar-refractivity contribution in [3.63, 3.8) is 0 Å². The molecular weight excluding hydrogens is 256 g/mol. The standard InChI is InChI=1S/C11H17BrN2O/c1-3-15-8-11(13-2)6-10-5-4-9(12)7-14-10/h4-5,7,11,13H,3,6,8H2,1-2H3. The largest absolute Gasteiger partial charge is 0.380 e. The number of halogens is 1. The molecule has 0 bridgehead atoms. The Morgan fingerprint density at radius 2 is 2.33 bits per heavy atom. The van der Waals surface area contributed by atoms with Crippen molar-refractivity contribution in [1.82, 2.24) is 10.3 Å². The molecule has 0 aromatic carbocycles. The molecule has 0 aliphatic carbocycles. The van der Waals surface area contributed by atoms with E-state index in [0.717, 1.165) is 29.8 Å². The maximum absolute atomic E-state index is 5.38. The zero-order chi connectivity index (χ0) is 11.1. The molecule has 15 heavy (non-hydrogen) atoms. The lowest BCUT2D eigenvalue weighted by Crippen LogP contribution is -2.32. The second kappa shape index (κ2) is 6.93. The van der Waals surface area contributed by atoms with Gasteiger partial charge in [0.2, 0.25) is 0 Å². The molecule has 1 N–H and O–H groups in total. The van der Waals surface area contributed by atoms with Gasteiger partial charge >= 0.3 is 0 Å². The van der Waals surface area contributed by atoms with Crippen LogP contribution in [-0.2, 0) is 11.2 Å². The van der Waals surface area contributed by atoms with Gasteiger partial charge in [-0.3, -0.25) is 4.98 Å². The van der Waals surface area contributed by atoms with Crippen molar-refractivity contribution in [3.8, 4) is 0 Å². The molecule has 1 aromatic rings. The number of ether oxygens (including phenoxy) is 1. The molecule has 0 aliphatic rings. The number of pyridine rings is 1. The van der Waals surface area contributed by atoms with Crippen molar-refractivity contribution in [2.75, 3.05) is 20.3 Å². The maximum atomic E-state index is 5.38. The molecule has 1 aromatic heterocycles. The topological polar surface area (TPSA) is 34.1 Å². The number of hydrogen-bond acceptors (Lipinski definition) is 3. The Balaban J connectivity index is 2.47. The molecule has 1 heterocycles. The van der Waals surface area contributed by atoms with Crippen LogP contribution in [0.3, 0.4) is 0 Å². The predicted molar refractivity (Wildman–Crippen MR) is 65.0 cm³/mol. The summed E-state index contributed by atoms with van der Waals surface area (Å²) in [7, 11) is 1.95. The molecule has 4 heteroatoms. The minimum Gasteiger partial charge on any atom is -0.380 e. The Hall–Kier alpha value is -0.450. The zero-order valence-electron chi connectivity index (χ0n) is 9.16. The number of rotatable bonds is 6. The van der Waals surface area contributed by atoms with Crippen molar-refractivity contribution in [3.05, 3.63) is 28.5 Å². The molecule has 0 saturated heterocycles.